The molecule has 1 amide bonds. The Bertz CT molecular complexity index is 574. The van der Waals surface area contributed by atoms with Crippen LogP contribution >= 0.6 is 0 Å². The molecule has 1 aromatic rings. The second kappa shape index (κ2) is 7.34. The standard InChI is InChI=1S/C17H27N5O2/c1-11(2)14-10-24-17(23)22(14)15-6-9-19-16(21-15)20-12(3)13-4-7-18-8-5-13/h6,9,11-14,18H,4-5,7-8,10H2,1-3H3,(H,19,20,21)/t12-,14?/m0/s1. The van der Waals surface area contributed by atoms with E-state index in [4.69, 9.17) is 4.74 Å². The molecule has 132 valence electrons. The summed E-state index contributed by atoms with van der Waals surface area (Å²) >= 11 is 0. The number of anilines is 2. The molecule has 0 radical (unpaired) electrons. The minimum atomic E-state index is -0.329. The molecule has 0 aromatic carbocycles. The highest BCUT2D eigenvalue weighted by atomic mass is 16.6. The van der Waals surface area contributed by atoms with Crippen LogP contribution in [0.5, 0.6) is 0 Å². The third-order valence-electron chi connectivity index (χ3n) is 5.01. The molecule has 1 aromatic heterocycles. The molecule has 2 aliphatic rings. The van der Waals surface area contributed by atoms with E-state index < -0.39 is 0 Å². The third-order valence-corrected chi connectivity index (χ3v) is 5.01. The number of ether oxygens (including phenoxy) is 1. The number of nitrogens with zero attached hydrogens (tertiary/aromatic N) is 3. The number of hydrogen-bond donors (Lipinski definition) is 2. The van der Waals surface area contributed by atoms with Gasteiger partial charge in [0.1, 0.15) is 12.4 Å². The number of cyclic esters (lactones) is 1. The zero-order valence-corrected chi connectivity index (χ0v) is 14.7. The molecule has 0 bridgehead atoms. The lowest BCUT2D eigenvalue weighted by atomic mass is 9.91. The molecule has 7 nitrogen and oxygen atoms in total. The van der Waals surface area contributed by atoms with Gasteiger partial charge in [0, 0.05) is 12.2 Å². The number of nitrogens with one attached hydrogen (secondary N) is 2. The molecule has 0 saturated carbocycles. The summed E-state index contributed by atoms with van der Waals surface area (Å²) in [4.78, 5) is 22.6. The smallest absolute Gasteiger partial charge is 0.415 e. The van der Waals surface area contributed by atoms with Crippen LogP contribution in [-0.4, -0.2) is 47.8 Å². The van der Waals surface area contributed by atoms with Gasteiger partial charge in [0.15, 0.2) is 0 Å². The highest BCUT2D eigenvalue weighted by molar-refractivity contribution is 5.89. The van der Waals surface area contributed by atoms with Crippen molar-refractivity contribution >= 4 is 17.9 Å². The number of rotatable bonds is 5. The monoisotopic (exact) mass is 333 g/mol. The summed E-state index contributed by atoms with van der Waals surface area (Å²) in [5.41, 5.74) is 0. The van der Waals surface area contributed by atoms with Gasteiger partial charge in [-0.25, -0.2) is 9.78 Å². The van der Waals surface area contributed by atoms with Gasteiger partial charge in [-0.2, -0.15) is 4.98 Å². The molecule has 3 rings (SSSR count). The van der Waals surface area contributed by atoms with E-state index in [0.717, 1.165) is 25.9 Å². The van der Waals surface area contributed by atoms with Crippen molar-refractivity contribution in [3.63, 3.8) is 0 Å². The molecular formula is C17H27N5O2. The Kier molecular flexibility index (Phi) is 5.18. The van der Waals surface area contributed by atoms with Gasteiger partial charge in [-0.05, 0) is 50.8 Å². The molecule has 0 spiro atoms. The van der Waals surface area contributed by atoms with Gasteiger partial charge in [0.2, 0.25) is 5.95 Å². The zero-order chi connectivity index (χ0) is 17.1. The van der Waals surface area contributed by atoms with Crippen molar-refractivity contribution in [1.82, 2.24) is 15.3 Å². The molecule has 24 heavy (non-hydrogen) atoms. The number of carbonyl (C=O) groups excluding carboxylic acids is 1. The van der Waals surface area contributed by atoms with Gasteiger partial charge in [-0.3, -0.25) is 4.90 Å². The summed E-state index contributed by atoms with van der Waals surface area (Å²) in [5.74, 6) is 2.09. The lowest BCUT2D eigenvalue weighted by molar-refractivity contribution is 0.177. The summed E-state index contributed by atoms with van der Waals surface area (Å²) < 4.78 is 5.21. The first-order valence-corrected chi connectivity index (χ1v) is 8.82. The molecule has 2 N–H and O–H groups in total. The molecule has 2 fully saturated rings. The number of carbonyl (C=O) groups is 1. The van der Waals surface area contributed by atoms with Gasteiger partial charge >= 0.3 is 6.09 Å². The predicted octanol–water partition coefficient (Wildman–Crippen LogP) is 2.26. The zero-order valence-electron chi connectivity index (χ0n) is 14.7. The highest BCUT2D eigenvalue weighted by Crippen LogP contribution is 2.26. The van der Waals surface area contributed by atoms with Crippen LogP contribution in [0.25, 0.3) is 0 Å². The molecule has 2 aliphatic heterocycles. The van der Waals surface area contributed by atoms with Crippen molar-refractivity contribution in [2.75, 3.05) is 29.9 Å². The Balaban J connectivity index is 1.72. The average molecular weight is 333 g/mol. The quantitative estimate of drug-likeness (QED) is 0.860. The topological polar surface area (TPSA) is 79.4 Å². The van der Waals surface area contributed by atoms with Crippen LogP contribution in [0.2, 0.25) is 0 Å². The average Bonchev–Trinajstić information content (AvgIpc) is 2.98. The molecular weight excluding hydrogens is 306 g/mol. The number of hydrogen-bond acceptors (Lipinski definition) is 6. The fourth-order valence-corrected chi connectivity index (χ4v) is 3.41. The Morgan fingerprint density at radius 3 is 2.79 bits per heavy atom. The Hall–Kier alpha value is -1.89. The predicted molar refractivity (Wildman–Crippen MR) is 93.2 cm³/mol. The second-order valence-electron chi connectivity index (χ2n) is 7.02. The molecule has 3 heterocycles. The fourth-order valence-electron chi connectivity index (χ4n) is 3.41. The van der Waals surface area contributed by atoms with E-state index in [9.17, 15) is 4.79 Å². The van der Waals surface area contributed by atoms with Gasteiger partial charge < -0.3 is 15.4 Å². The highest BCUT2D eigenvalue weighted by Gasteiger charge is 2.37. The van der Waals surface area contributed by atoms with Crippen LogP contribution in [0.3, 0.4) is 0 Å². The molecule has 0 aliphatic carbocycles. The third kappa shape index (κ3) is 3.61. The van der Waals surface area contributed by atoms with E-state index in [1.165, 1.54) is 0 Å². The minimum absolute atomic E-state index is 0.0158. The lowest BCUT2D eigenvalue weighted by Crippen LogP contribution is -2.38. The summed E-state index contributed by atoms with van der Waals surface area (Å²) in [6.45, 7) is 8.88. The first-order chi connectivity index (χ1) is 11.6. The van der Waals surface area contributed by atoms with Crippen molar-refractivity contribution in [3.05, 3.63) is 12.3 Å². The number of piperidine rings is 1. The van der Waals surface area contributed by atoms with E-state index in [1.54, 1.807) is 17.2 Å². The number of amides is 1. The minimum Gasteiger partial charge on any atom is -0.447 e. The van der Waals surface area contributed by atoms with Crippen LogP contribution in [0.4, 0.5) is 16.6 Å². The van der Waals surface area contributed by atoms with E-state index in [1.807, 2.05) is 0 Å². The maximum Gasteiger partial charge on any atom is 0.415 e. The Morgan fingerprint density at radius 1 is 1.33 bits per heavy atom. The van der Waals surface area contributed by atoms with Crippen LogP contribution in [0.15, 0.2) is 12.3 Å². The van der Waals surface area contributed by atoms with Gasteiger partial charge in [-0.15, -0.1) is 0 Å². The summed E-state index contributed by atoms with van der Waals surface area (Å²) in [7, 11) is 0. The maximum absolute atomic E-state index is 12.1. The first kappa shape index (κ1) is 17.0. The van der Waals surface area contributed by atoms with Crippen molar-refractivity contribution in [1.29, 1.82) is 0 Å². The largest absolute Gasteiger partial charge is 0.447 e. The van der Waals surface area contributed by atoms with Gasteiger partial charge in [-0.1, -0.05) is 13.8 Å². The molecule has 2 saturated heterocycles. The van der Waals surface area contributed by atoms with E-state index in [-0.39, 0.29) is 12.1 Å². The Labute approximate surface area is 143 Å². The van der Waals surface area contributed by atoms with Crippen molar-refractivity contribution < 1.29 is 9.53 Å². The lowest BCUT2D eigenvalue weighted by Gasteiger charge is -2.29. The van der Waals surface area contributed by atoms with E-state index >= 15 is 0 Å². The molecule has 1 unspecified atom stereocenters. The van der Waals surface area contributed by atoms with E-state index in [0.29, 0.717) is 36.3 Å². The Morgan fingerprint density at radius 2 is 2.08 bits per heavy atom. The van der Waals surface area contributed by atoms with Gasteiger partial charge in [0.05, 0.1) is 6.04 Å². The summed E-state index contributed by atoms with van der Waals surface area (Å²) in [5, 5.41) is 6.79. The van der Waals surface area contributed by atoms with Crippen molar-refractivity contribution in [2.45, 2.75) is 45.7 Å². The van der Waals surface area contributed by atoms with Crippen LogP contribution in [-0.2, 0) is 4.74 Å². The van der Waals surface area contributed by atoms with Crippen LogP contribution in [0, 0.1) is 11.8 Å². The molecule has 7 heteroatoms. The van der Waals surface area contributed by atoms with Crippen LogP contribution in [0.1, 0.15) is 33.6 Å². The fraction of sp³-hybridized carbons (Fsp3) is 0.706. The SMILES string of the molecule is CC(C)C1COC(=O)N1c1ccnc(N[C@@H](C)C2CCNCC2)n1. The summed E-state index contributed by atoms with van der Waals surface area (Å²) in [6.07, 6.45) is 3.68. The van der Waals surface area contributed by atoms with E-state index in [2.05, 4.69) is 41.4 Å². The normalized spacial score (nSPS) is 23.4. The summed E-state index contributed by atoms with van der Waals surface area (Å²) in [6, 6.07) is 2.08. The van der Waals surface area contributed by atoms with Gasteiger partial charge in [0.25, 0.3) is 0 Å². The maximum atomic E-state index is 12.1. The van der Waals surface area contributed by atoms with Crippen LogP contribution < -0.4 is 15.5 Å². The second-order valence-corrected chi connectivity index (χ2v) is 7.02. The first-order valence-electron chi connectivity index (χ1n) is 8.82. The molecule has 2 atom stereocenters. The van der Waals surface area contributed by atoms with Crippen molar-refractivity contribution in [3.8, 4) is 0 Å². The number of aromatic nitrogens is 2. The van der Waals surface area contributed by atoms with Crippen molar-refractivity contribution in [2.24, 2.45) is 11.8 Å².